The molecule has 1 rings (SSSR count). The van der Waals surface area contributed by atoms with Gasteiger partial charge in [0.25, 0.3) is 0 Å². The maximum Gasteiger partial charge on any atom is 0.404 e. The average molecular weight is 193 g/mol. The molecule has 0 radical (unpaired) electrons. The molecule has 1 aromatic rings. The number of nitrogens with one attached hydrogen (secondary N) is 1. The molecular formula is C11H15NO2. The molecule has 1 aromatic carbocycles. The zero-order valence-corrected chi connectivity index (χ0v) is 8.29. The van der Waals surface area contributed by atoms with E-state index in [1.165, 1.54) is 5.56 Å². The summed E-state index contributed by atoms with van der Waals surface area (Å²) in [7, 11) is 0. The van der Waals surface area contributed by atoms with Crippen molar-refractivity contribution in [2.75, 3.05) is 0 Å². The van der Waals surface area contributed by atoms with Gasteiger partial charge in [-0.25, -0.2) is 4.79 Å². The highest BCUT2D eigenvalue weighted by molar-refractivity contribution is 5.64. The van der Waals surface area contributed by atoms with Crippen molar-refractivity contribution in [2.24, 2.45) is 0 Å². The lowest BCUT2D eigenvalue weighted by atomic mass is 10.1. The van der Waals surface area contributed by atoms with Crippen LogP contribution in [0.1, 0.15) is 24.5 Å². The third-order valence-electron chi connectivity index (χ3n) is 1.97. The van der Waals surface area contributed by atoms with E-state index >= 15 is 0 Å². The van der Waals surface area contributed by atoms with Crippen LogP contribution in [-0.4, -0.2) is 11.2 Å². The van der Waals surface area contributed by atoms with E-state index in [9.17, 15) is 4.79 Å². The second kappa shape index (κ2) is 5.27. The third kappa shape index (κ3) is 3.47. The first-order valence-electron chi connectivity index (χ1n) is 4.77. The number of aryl methyl sites for hydroxylation is 1. The van der Waals surface area contributed by atoms with Crippen LogP contribution in [0.4, 0.5) is 4.79 Å². The van der Waals surface area contributed by atoms with Crippen LogP contribution >= 0.6 is 0 Å². The Balaban J connectivity index is 2.58. The van der Waals surface area contributed by atoms with Crippen LogP contribution in [0.15, 0.2) is 24.3 Å². The Morgan fingerprint density at radius 1 is 1.43 bits per heavy atom. The van der Waals surface area contributed by atoms with Crippen molar-refractivity contribution in [3.05, 3.63) is 35.4 Å². The predicted molar refractivity (Wildman–Crippen MR) is 55.3 cm³/mol. The minimum Gasteiger partial charge on any atom is -0.465 e. The zero-order valence-electron chi connectivity index (χ0n) is 8.29. The molecule has 0 saturated carbocycles. The highest BCUT2D eigenvalue weighted by atomic mass is 16.4. The number of hydrogen-bond acceptors (Lipinski definition) is 1. The summed E-state index contributed by atoms with van der Waals surface area (Å²) < 4.78 is 0. The predicted octanol–water partition coefficient (Wildman–Crippen LogP) is 2.41. The second-order valence-corrected chi connectivity index (χ2v) is 3.23. The summed E-state index contributed by atoms with van der Waals surface area (Å²) >= 11 is 0. The van der Waals surface area contributed by atoms with E-state index in [2.05, 4.69) is 18.3 Å². The lowest BCUT2D eigenvalue weighted by Gasteiger charge is -2.04. The van der Waals surface area contributed by atoms with E-state index in [1.54, 1.807) is 0 Å². The molecule has 3 heteroatoms. The van der Waals surface area contributed by atoms with Gasteiger partial charge in [0.05, 0.1) is 0 Å². The molecular weight excluding hydrogens is 178 g/mol. The van der Waals surface area contributed by atoms with E-state index in [4.69, 9.17) is 5.11 Å². The standard InChI is InChI=1S/C11H15NO2/c1-2-4-9-5-3-6-10(7-9)8-12-11(13)14/h3,5-7,12H,2,4,8H2,1H3,(H,13,14). The van der Waals surface area contributed by atoms with Crippen molar-refractivity contribution in [3.8, 4) is 0 Å². The summed E-state index contributed by atoms with van der Waals surface area (Å²) in [5.74, 6) is 0. The van der Waals surface area contributed by atoms with Gasteiger partial charge in [-0.1, -0.05) is 37.6 Å². The van der Waals surface area contributed by atoms with Crippen LogP contribution in [0, 0.1) is 0 Å². The summed E-state index contributed by atoms with van der Waals surface area (Å²) in [6, 6.07) is 7.99. The lowest BCUT2D eigenvalue weighted by molar-refractivity contribution is 0.194. The molecule has 0 fully saturated rings. The fraction of sp³-hybridized carbons (Fsp3) is 0.364. The van der Waals surface area contributed by atoms with E-state index in [-0.39, 0.29) is 0 Å². The van der Waals surface area contributed by atoms with Gasteiger partial charge >= 0.3 is 6.09 Å². The molecule has 0 aromatic heterocycles. The average Bonchev–Trinajstić information content (AvgIpc) is 2.16. The molecule has 1 amide bonds. The summed E-state index contributed by atoms with van der Waals surface area (Å²) in [6.45, 7) is 2.51. The van der Waals surface area contributed by atoms with Crippen molar-refractivity contribution in [1.29, 1.82) is 0 Å². The zero-order chi connectivity index (χ0) is 10.4. The van der Waals surface area contributed by atoms with Crippen molar-refractivity contribution < 1.29 is 9.90 Å². The quantitative estimate of drug-likeness (QED) is 0.771. The number of benzene rings is 1. The number of amides is 1. The fourth-order valence-corrected chi connectivity index (χ4v) is 1.36. The molecule has 0 bridgehead atoms. The molecule has 0 spiro atoms. The summed E-state index contributed by atoms with van der Waals surface area (Å²) in [4.78, 5) is 10.3. The lowest BCUT2D eigenvalue weighted by Crippen LogP contribution is -2.19. The summed E-state index contributed by atoms with van der Waals surface area (Å²) in [6.07, 6.45) is 1.17. The van der Waals surface area contributed by atoms with Gasteiger partial charge in [-0.3, -0.25) is 0 Å². The van der Waals surface area contributed by atoms with Crippen LogP contribution < -0.4 is 5.32 Å². The Morgan fingerprint density at radius 2 is 2.14 bits per heavy atom. The Kier molecular flexibility index (Phi) is 3.98. The van der Waals surface area contributed by atoms with Gasteiger partial charge < -0.3 is 10.4 Å². The van der Waals surface area contributed by atoms with Gasteiger partial charge in [0.2, 0.25) is 0 Å². The highest BCUT2D eigenvalue weighted by Crippen LogP contribution is 2.07. The number of hydrogen-bond donors (Lipinski definition) is 2. The third-order valence-corrected chi connectivity index (χ3v) is 1.97. The maximum atomic E-state index is 10.3. The van der Waals surface area contributed by atoms with Gasteiger partial charge in [-0.15, -0.1) is 0 Å². The molecule has 3 nitrogen and oxygen atoms in total. The van der Waals surface area contributed by atoms with Crippen molar-refractivity contribution in [2.45, 2.75) is 26.3 Å². The Bertz CT molecular complexity index is 310. The topological polar surface area (TPSA) is 49.3 Å². The molecule has 0 heterocycles. The van der Waals surface area contributed by atoms with Crippen LogP contribution in [0.25, 0.3) is 0 Å². The Hall–Kier alpha value is -1.51. The van der Waals surface area contributed by atoms with Crippen molar-refractivity contribution in [1.82, 2.24) is 5.32 Å². The van der Waals surface area contributed by atoms with E-state index in [1.807, 2.05) is 18.2 Å². The molecule has 0 unspecified atom stereocenters. The van der Waals surface area contributed by atoms with Gasteiger partial charge in [0.1, 0.15) is 0 Å². The molecule has 2 N–H and O–H groups in total. The molecule has 0 saturated heterocycles. The number of rotatable bonds is 4. The normalized spacial score (nSPS) is 9.79. The van der Waals surface area contributed by atoms with Crippen molar-refractivity contribution in [3.63, 3.8) is 0 Å². The first kappa shape index (κ1) is 10.6. The van der Waals surface area contributed by atoms with Crippen molar-refractivity contribution >= 4 is 6.09 Å². The maximum absolute atomic E-state index is 10.3. The van der Waals surface area contributed by atoms with E-state index < -0.39 is 6.09 Å². The highest BCUT2D eigenvalue weighted by Gasteiger charge is 1.97. The van der Waals surface area contributed by atoms with Crippen LogP contribution in [-0.2, 0) is 13.0 Å². The molecule has 76 valence electrons. The van der Waals surface area contributed by atoms with Crippen LogP contribution in [0.2, 0.25) is 0 Å². The Labute approximate surface area is 83.8 Å². The SMILES string of the molecule is CCCc1cccc(CNC(=O)O)c1. The van der Waals surface area contributed by atoms with Crippen LogP contribution in [0.5, 0.6) is 0 Å². The van der Waals surface area contributed by atoms with Gasteiger partial charge in [-0.2, -0.15) is 0 Å². The fourth-order valence-electron chi connectivity index (χ4n) is 1.36. The summed E-state index contributed by atoms with van der Waals surface area (Å²) in [5.41, 5.74) is 2.27. The first-order valence-corrected chi connectivity index (χ1v) is 4.77. The monoisotopic (exact) mass is 193 g/mol. The minimum absolute atomic E-state index is 0.382. The van der Waals surface area contributed by atoms with Crippen LogP contribution in [0.3, 0.4) is 0 Å². The molecule has 0 aliphatic rings. The minimum atomic E-state index is -0.981. The van der Waals surface area contributed by atoms with Gasteiger partial charge in [0.15, 0.2) is 0 Å². The molecule has 0 aliphatic heterocycles. The number of carboxylic acid groups (broad SMARTS) is 1. The first-order chi connectivity index (χ1) is 6.72. The van der Waals surface area contributed by atoms with Gasteiger partial charge in [0, 0.05) is 6.54 Å². The Morgan fingerprint density at radius 3 is 2.79 bits per heavy atom. The molecule has 14 heavy (non-hydrogen) atoms. The number of carbonyl (C=O) groups is 1. The smallest absolute Gasteiger partial charge is 0.404 e. The van der Waals surface area contributed by atoms with Gasteiger partial charge in [-0.05, 0) is 17.5 Å². The van der Waals surface area contributed by atoms with E-state index in [0.29, 0.717) is 6.54 Å². The molecule has 0 aliphatic carbocycles. The second-order valence-electron chi connectivity index (χ2n) is 3.23. The summed E-state index contributed by atoms with van der Waals surface area (Å²) in [5, 5.41) is 10.8. The van der Waals surface area contributed by atoms with E-state index in [0.717, 1.165) is 18.4 Å². The molecule has 0 atom stereocenters. The largest absolute Gasteiger partial charge is 0.465 e.